The number of rotatable bonds is 4. The number of carbonyl (C=O) groups is 1. The van der Waals surface area contributed by atoms with Crippen LogP contribution in [0.4, 0.5) is 10.5 Å². The second-order valence-corrected chi connectivity index (χ2v) is 7.78. The molecule has 0 saturated carbocycles. The fourth-order valence-corrected chi connectivity index (χ4v) is 3.16. The summed E-state index contributed by atoms with van der Waals surface area (Å²) in [4.78, 5) is 12.7. The Morgan fingerprint density at radius 3 is 2.39 bits per heavy atom. The van der Waals surface area contributed by atoms with Gasteiger partial charge in [0.15, 0.2) is 0 Å². The Hall–Kier alpha value is -2.14. The van der Waals surface area contributed by atoms with E-state index in [2.05, 4.69) is 10.6 Å². The number of benzene rings is 2. The summed E-state index contributed by atoms with van der Waals surface area (Å²) in [7, 11) is -1.10. The Kier molecular flexibility index (Phi) is 5.55. The Morgan fingerprint density at radius 2 is 1.74 bits per heavy atom. The van der Waals surface area contributed by atoms with Gasteiger partial charge in [-0.1, -0.05) is 30.3 Å². The molecule has 23 heavy (non-hydrogen) atoms. The Morgan fingerprint density at radius 1 is 1.04 bits per heavy atom. The second kappa shape index (κ2) is 7.42. The third-order valence-corrected chi connectivity index (χ3v) is 4.37. The molecule has 0 unspecified atom stereocenters. The van der Waals surface area contributed by atoms with Gasteiger partial charge in [0, 0.05) is 16.1 Å². The quantitative estimate of drug-likeness (QED) is 0.893. The average molecular weight is 330 g/mol. The number of urea groups is 1. The highest BCUT2D eigenvalue weighted by Crippen LogP contribution is 2.16. The fourth-order valence-electron chi connectivity index (χ4n) is 2.05. The van der Waals surface area contributed by atoms with Gasteiger partial charge in [-0.3, -0.25) is 4.21 Å². The molecule has 2 aromatic rings. The summed E-state index contributed by atoms with van der Waals surface area (Å²) in [5.41, 5.74) is 1.31. The molecule has 0 fully saturated rings. The molecule has 122 valence electrons. The van der Waals surface area contributed by atoms with Gasteiger partial charge in [0.25, 0.3) is 0 Å². The first kappa shape index (κ1) is 17.2. The van der Waals surface area contributed by atoms with E-state index in [1.165, 1.54) is 0 Å². The van der Waals surface area contributed by atoms with E-state index >= 15 is 0 Å². The van der Waals surface area contributed by atoms with Crippen molar-refractivity contribution in [3.63, 3.8) is 0 Å². The van der Waals surface area contributed by atoms with Crippen LogP contribution in [-0.4, -0.2) is 15.8 Å². The van der Waals surface area contributed by atoms with Crippen LogP contribution in [0.3, 0.4) is 0 Å². The fraction of sp³-hybridized carbons (Fsp3) is 0.278. The van der Waals surface area contributed by atoms with E-state index in [1.54, 1.807) is 0 Å². The highest BCUT2D eigenvalue weighted by atomic mass is 32.2. The first-order valence-electron chi connectivity index (χ1n) is 7.45. The molecule has 0 aliphatic carbocycles. The lowest BCUT2D eigenvalue weighted by molar-refractivity contribution is 0.244. The van der Waals surface area contributed by atoms with Crippen molar-refractivity contribution in [2.75, 3.05) is 5.32 Å². The van der Waals surface area contributed by atoms with Crippen molar-refractivity contribution in [2.24, 2.45) is 0 Å². The van der Waals surface area contributed by atoms with E-state index in [9.17, 15) is 9.00 Å². The largest absolute Gasteiger partial charge is 0.333 e. The molecule has 0 aliphatic heterocycles. The summed E-state index contributed by atoms with van der Waals surface area (Å²) in [6.45, 7) is 5.77. The monoisotopic (exact) mass is 330 g/mol. The standard InChI is InChI=1S/C18H22N2O2S/c1-18(2,3)20-17(21)19-15-9-7-8-14(12-15)13-23(22)16-10-5-4-6-11-16/h4-12H,13H2,1-3H3,(H2,19,20,21)/t23-/m1/s1. The van der Waals surface area contributed by atoms with Crippen LogP contribution in [0, 0.1) is 0 Å². The first-order valence-corrected chi connectivity index (χ1v) is 8.77. The smallest absolute Gasteiger partial charge is 0.319 e. The summed E-state index contributed by atoms with van der Waals surface area (Å²) < 4.78 is 12.3. The van der Waals surface area contributed by atoms with E-state index in [-0.39, 0.29) is 11.6 Å². The molecule has 0 aliphatic rings. The zero-order valence-electron chi connectivity index (χ0n) is 13.6. The Bertz CT molecular complexity index is 694. The van der Waals surface area contributed by atoms with Crippen LogP contribution in [-0.2, 0) is 16.6 Å². The second-order valence-electron chi connectivity index (χ2n) is 6.33. The third-order valence-electron chi connectivity index (χ3n) is 2.98. The van der Waals surface area contributed by atoms with Crippen LogP contribution in [0.1, 0.15) is 26.3 Å². The predicted octanol–water partition coefficient (Wildman–Crippen LogP) is 3.91. The maximum absolute atomic E-state index is 12.3. The molecule has 2 aromatic carbocycles. The van der Waals surface area contributed by atoms with Gasteiger partial charge in [-0.25, -0.2) is 4.79 Å². The zero-order valence-corrected chi connectivity index (χ0v) is 14.4. The maximum Gasteiger partial charge on any atom is 0.319 e. The van der Waals surface area contributed by atoms with E-state index in [4.69, 9.17) is 0 Å². The molecule has 2 N–H and O–H groups in total. The number of hydrogen-bond acceptors (Lipinski definition) is 2. The van der Waals surface area contributed by atoms with E-state index in [0.717, 1.165) is 10.5 Å². The van der Waals surface area contributed by atoms with Crippen molar-refractivity contribution >= 4 is 22.5 Å². The molecule has 0 heterocycles. The molecule has 0 saturated heterocycles. The summed E-state index contributed by atoms with van der Waals surface area (Å²) in [5, 5.41) is 5.65. The lowest BCUT2D eigenvalue weighted by atomic mass is 10.1. The minimum Gasteiger partial charge on any atom is -0.333 e. The Labute approximate surface area is 139 Å². The van der Waals surface area contributed by atoms with Gasteiger partial charge < -0.3 is 10.6 Å². The van der Waals surface area contributed by atoms with Gasteiger partial charge >= 0.3 is 6.03 Å². The van der Waals surface area contributed by atoms with Crippen molar-refractivity contribution < 1.29 is 9.00 Å². The SMILES string of the molecule is CC(C)(C)NC(=O)Nc1cccc(C[S@@](=O)c2ccccc2)c1. The highest BCUT2D eigenvalue weighted by molar-refractivity contribution is 7.84. The molecule has 0 radical (unpaired) electrons. The van der Waals surface area contributed by atoms with Crippen molar-refractivity contribution in [2.45, 2.75) is 37.0 Å². The number of carbonyl (C=O) groups excluding carboxylic acids is 1. The van der Waals surface area contributed by atoms with E-state index in [1.807, 2.05) is 75.4 Å². The predicted molar refractivity (Wildman–Crippen MR) is 94.9 cm³/mol. The molecule has 2 rings (SSSR count). The molecular weight excluding hydrogens is 308 g/mol. The third kappa shape index (κ3) is 5.87. The van der Waals surface area contributed by atoms with Crippen LogP contribution in [0.2, 0.25) is 0 Å². The lowest BCUT2D eigenvalue weighted by Crippen LogP contribution is -2.43. The van der Waals surface area contributed by atoms with Crippen LogP contribution in [0.15, 0.2) is 59.5 Å². The minimum atomic E-state index is -1.10. The summed E-state index contributed by atoms with van der Waals surface area (Å²) in [6.07, 6.45) is 0. The maximum atomic E-state index is 12.3. The minimum absolute atomic E-state index is 0.251. The van der Waals surface area contributed by atoms with Gasteiger partial charge in [-0.15, -0.1) is 0 Å². The van der Waals surface area contributed by atoms with Crippen LogP contribution >= 0.6 is 0 Å². The van der Waals surface area contributed by atoms with Crippen molar-refractivity contribution in [3.05, 3.63) is 60.2 Å². The molecule has 1 atom stereocenters. The molecule has 2 amide bonds. The molecule has 5 heteroatoms. The van der Waals surface area contributed by atoms with E-state index < -0.39 is 10.8 Å². The van der Waals surface area contributed by atoms with Gasteiger partial charge in [-0.2, -0.15) is 0 Å². The molecule has 4 nitrogen and oxygen atoms in total. The molecule has 0 bridgehead atoms. The average Bonchev–Trinajstić information content (AvgIpc) is 2.46. The van der Waals surface area contributed by atoms with Gasteiger partial charge in [0.2, 0.25) is 0 Å². The van der Waals surface area contributed by atoms with Crippen LogP contribution in [0.25, 0.3) is 0 Å². The Balaban J connectivity index is 2.02. The zero-order chi connectivity index (χ0) is 16.9. The topological polar surface area (TPSA) is 58.2 Å². The highest BCUT2D eigenvalue weighted by Gasteiger charge is 2.13. The number of nitrogens with one attached hydrogen (secondary N) is 2. The van der Waals surface area contributed by atoms with E-state index in [0.29, 0.717) is 11.4 Å². The first-order chi connectivity index (χ1) is 10.8. The number of amides is 2. The number of anilines is 1. The molecular formula is C18H22N2O2S. The van der Waals surface area contributed by atoms with Crippen molar-refractivity contribution in [1.29, 1.82) is 0 Å². The van der Waals surface area contributed by atoms with Gasteiger partial charge in [0.1, 0.15) is 0 Å². The van der Waals surface area contributed by atoms with Crippen molar-refractivity contribution in [3.8, 4) is 0 Å². The summed E-state index contributed by atoms with van der Waals surface area (Å²) >= 11 is 0. The summed E-state index contributed by atoms with van der Waals surface area (Å²) in [6, 6.07) is 16.5. The number of hydrogen-bond donors (Lipinski definition) is 2. The van der Waals surface area contributed by atoms with Gasteiger partial charge in [0.05, 0.1) is 16.6 Å². The van der Waals surface area contributed by atoms with Gasteiger partial charge in [-0.05, 0) is 50.6 Å². The molecule has 0 aromatic heterocycles. The van der Waals surface area contributed by atoms with Crippen molar-refractivity contribution in [1.82, 2.24) is 5.32 Å². The summed E-state index contributed by atoms with van der Waals surface area (Å²) in [5.74, 6) is 0.417. The van der Waals surface area contributed by atoms with Crippen LogP contribution < -0.4 is 10.6 Å². The van der Waals surface area contributed by atoms with Crippen LogP contribution in [0.5, 0.6) is 0 Å². The normalized spacial score (nSPS) is 12.5. The lowest BCUT2D eigenvalue weighted by Gasteiger charge is -2.20. The molecule has 0 spiro atoms.